The summed E-state index contributed by atoms with van der Waals surface area (Å²) in [5.41, 5.74) is 3.08. The summed E-state index contributed by atoms with van der Waals surface area (Å²) < 4.78 is 0. The summed E-state index contributed by atoms with van der Waals surface area (Å²) in [7, 11) is 1.88. The number of hydrogen-bond acceptors (Lipinski definition) is 3. The van der Waals surface area contributed by atoms with Crippen LogP contribution in [-0.4, -0.2) is 30.3 Å². The molecule has 0 bridgehead atoms. The molecule has 1 amide bonds. The van der Waals surface area contributed by atoms with Gasteiger partial charge in [-0.1, -0.05) is 40.9 Å². The number of amides is 1. The predicted octanol–water partition coefficient (Wildman–Crippen LogP) is 3.92. The van der Waals surface area contributed by atoms with E-state index in [4.69, 9.17) is 23.2 Å². The second-order valence-corrected chi connectivity index (χ2v) is 6.80. The molecule has 0 fully saturated rings. The lowest BCUT2D eigenvalue weighted by molar-refractivity contribution is -0.114. The number of aryl methyl sites for hydroxylation is 1. The molecular weight excluding hydrogens is 347 g/mol. The van der Waals surface area contributed by atoms with Crippen molar-refractivity contribution in [1.29, 1.82) is 0 Å². The number of carbonyl (C=O) groups excluding carboxylic acids is 2. The van der Waals surface area contributed by atoms with E-state index in [1.54, 1.807) is 18.2 Å². The van der Waals surface area contributed by atoms with Crippen LogP contribution in [0, 0.1) is 6.92 Å². The van der Waals surface area contributed by atoms with E-state index in [1.807, 2.05) is 37.1 Å². The van der Waals surface area contributed by atoms with Crippen molar-refractivity contribution in [2.24, 2.45) is 0 Å². The molecular formula is C18H16Cl2N2O2. The third-order valence-corrected chi connectivity index (χ3v) is 4.69. The van der Waals surface area contributed by atoms with Crippen molar-refractivity contribution in [2.45, 2.75) is 13.5 Å². The molecule has 0 saturated carbocycles. The van der Waals surface area contributed by atoms with Crippen LogP contribution in [0.5, 0.6) is 0 Å². The molecule has 0 aliphatic carbocycles. The van der Waals surface area contributed by atoms with Crippen molar-refractivity contribution in [2.75, 3.05) is 18.6 Å². The molecule has 1 aliphatic heterocycles. The third-order valence-electron chi connectivity index (χ3n) is 3.95. The van der Waals surface area contributed by atoms with Gasteiger partial charge < -0.3 is 0 Å². The maximum atomic E-state index is 12.3. The van der Waals surface area contributed by atoms with Crippen molar-refractivity contribution < 1.29 is 9.59 Å². The second-order valence-electron chi connectivity index (χ2n) is 5.99. The molecule has 0 radical (unpaired) electrons. The molecule has 1 aliphatic rings. The quantitative estimate of drug-likeness (QED) is 0.773. The van der Waals surface area contributed by atoms with Gasteiger partial charge in [-0.15, -0.1) is 0 Å². The van der Waals surface area contributed by atoms with Gasteiger partial charge in [-0.2, -0.15) is 0 Å². The Morgan fingerprint density at radius 3 is 2.50 bits per heavy atom. The minimum atomic E-state index is -0.489. The van der Waals surface area contributed by atoms with Gasteiger partial charge in [0.1, 0.15) is 0 Å². The fourth-order valence-corrected chi connectivity index (χ4v) is 3.12. The molecule has 24 heavy (non-hydrogen) atoms. The number of ketones is 1. The molecule has 0 saturated heterocycles. The Balaban J connectivity index is 1.77. The summed E-state index contributed by atoms with van der Waals surface area (Å²) in [6.45, 7) is 2.80. The normalized spacial score (nSPS) is 13.8. The highest BCUT2D eigenvalue weighted by molar-refractivity contribution is 6.52. The van der Waals surface area contributed by atoms with E-state index in [0.29, 0.717) is 34.5 Å². The van der Waals surface area contributed by atoms with Gasteiger partial charge in [-0.3, -0.25) is 19.4 Å². The van der Waals surface area contributed by atoms with Crippen LogP contribution < -0.4 is 4.90 Å². The highest BCUT2D eigenvalue weighted by Crippen LogP contribution is 2.30. The van der Waals surface area contributed by atoms with Crippen LogP contribution in [0.3, 0.4) is 0 Å². The van der Waals surface area contributed by atoms with Gasteiger partial charge in [0.25, 0.3) is 5.78 Å². The first-order valence-electron chi connectivity index (χ1n) is 7.46. The van der Waals surface area contributed by atoms with E-state index in [1.165, 1.54) is 4.90 Å². The van der Waals surface area contributed by atoms with Gasteiger partial charge in [0.2, 0.25) is 0 Å². The van der Waals surface area contributed by atoms with Crippen LogP contribution in [0.25, 0.3) is 0 Å². The van der Waals surface area contributed by atoms with Gasteiger partial charge in [0.15, 0.2) is 0 Å². The van der Waals surface area contributed by atoms with Gasteiger partial charge in [0, 0.05) is 6.54 Å². The molecule has 0 atom stereocenters. The number of carbonyl (C=O) groups is 2. The number of anilines is 1. The maximum Gasteiger partial charge on any atom is 0.300 e. The minimum absolute atomic E-state index is 0.320. The molecule has 0 N–H and O–H groups in total. The van der Waals surface area contributed by atoms with E-state index >= 15 is 0 Å². The Kier molecular flexibility index (Phi) is 4.63. The zero-order chi connectivity index (χ0) is 17.4. The molecule has 0 aromatic heterocycles. The molecule has 2 aromatic carbocycles. The lowest BCUT2D eigenvalue weighted by Gasteiger charge is -2.24. The highest BCUT2D eigenvalue weighted by atomic mass is 35.5. The molecule has 2 aromatic rings. The largest absolute Gasteiger partial charge is 0.300 e. The first-order chi connectivity index (χ1) is 11.4. The third kappa shape index (κ3) is 3.18. The number of fused-ring (bicyclic) bond motifs is 1. The summed E-state index contributed by atoms with van der Waals surface area (Å²) in [4.78, 5) is 27.9. The Morgan fingerprint density at radius 1 is 1.04 bits per heavy atom. The highest BCUT2D eigenvalue weighted by Gasteiger charge is 2.36. The molecule has 1 heterocycles. The molecule has 124 valence electrons. The van der Waals surface area contributed by atoms with E-state index in [2.05, 4.69) is 0 Å². The Bertz CT molecular complexity index is 836. The van der Waals surface area contributed by atoms with Crippen LogP contribution >= 0.6 is 23.2 Å². The molecule has 6 heteroatoms. The lowest BCUT2D eigenvalue weighted by Crippen LogP contribution is -2.38. The Hall–Kier alpha value is -1.88. The standard InChI is InChI=1S/C18H16Cl2N2O2/c1-11-3-6-16-13(7-11)17(23)18(24)22(16)10-21(2)9-12-4-5-14(19)15(20)8-12/h3-8H,9-10H2,1-2H3. The van der Waals surface area contributed by atoms with Crippen LogP contribution in [-0.2, 0) is 11.3 Å². The van der Waals surface area contributed by atoms with Crippen molar-refractivity contribution in [3.8, 4) is 0 Å². The fraction of sp³-hybridized carbons (Fsp3) is 0.222. The van der Waals surface area contributed by atoms with Crippen molar-refractivity contribution in [1.82, 2.24) is 4.90 Å². The number of benzene rings is 2. The zero-order valence-corrected chi connectivity index (χ0v) is 14.9. The van der Waals surface area contributed by atoms with E-state index in [-0.39, 0.29) is 0 Å². The summed E-state index contributed by atoms with van der Waals surface area (Å²) in [6.07, 6.45) is 0. The van der Waals surface area contributed by atoms with Crippen LogP contribution in [0.1, 0.15) is 21.5 Å². The minimum Gasteiger partial charge on any atom is -0.291 e. The van der Waals surface area contributed by atoms with Gasteiger partial charge in [0.05, 0.1) is 28.0 Å². The first kappa shape index (κ1) is 17.0. The fourth-order valence-electron chi connectivity index (χ4n) is 2.80. The molecule has 4 nitrogen and oxygen atoms in total. The van der Waals surface area contributed by atoms with Gasteiger partial charge in [-0.25, -0.2) is 0 Å². The summed E-state index contributed by atoms with van der Waals surface area (Å²) in [5, 5.41) is 1.00. The number of Topliss-reactive ketones (excluding diaryl/α,β-unsaturated/α-hetero) is 1. The van der Waals surface area contributed by atoms with Crippen LogP contribution in [0.15, 0.2) is 36.4 Å². The Labute approximate surface area is 150 Å². The van der Waals surface area contributed by atoms with Gasteiger partial charge >= 0.3 is 5.91 Å². The number of rotatable bonds is 4. The summed E-state index contributed by atoms with van der Waals surface area (Å²) >= 11 is 12.0. The molecule has 0 spiro atoms. The molecule has 0 unspecified atom stereocenters. The van der Waals surface area contributed by atoms with E-state index < -0.39 is 11.7 Å². The Morgan fingerprint density at radius 2 is 1.79 bits per heavy atom. The number of nitrogens with zero attached hydrogens (tertiary/aromatic N) is 2. The van der Waals surface area contributed by atoms with Crippen molar-refractivity contribution >= 4 is 40.6 Å². The predicted molar refractivity (Wildman–Crippen MR) is 95.8 cm³/mol. The van der Waals surface area contributed by atoms with Crippen molar-refractivity contribution in [3.63, 3.8) is 0 Å². The average Bonchev–Trinajstić information content (AvgIpc) is 2.76. The summed E-state index contributed by atoms with van der Waals surface area (Å²) in [6, 6.07) is 10.9. The zero-order valence-electron chi connectivity index (χ0n) is 13.3. The van der Waals surface area contributed by atoms with E-state index in [0.717, 1.165) is 11.1 Å². The second kappa shape index (κ2) is 6.55. The maximum absolute atomic E-state index is 12.3. The lowest BCUT2D eigenvalue weighted by atomic mass is 10.1. The monoisotopic (exact) mass is 362 g/mol. The average molecular weight is 363 g/mol. The smallest absolute Gasteiger partial charge is 0.291 e. The topological polar surface area (TPSA) is 40.6 Å². The van der Waals surface area contributed by atoms with Crippen LogP contribution in [0.4, 0.5) is 5.69 Å². The number of hydrogen-bond donors (Lipinski definition) is 0. The van der Waals surface area contributed by atoms with Crippen LogP contribution in [0.2, 0.25) is 10.0 Å². The van der Waals surface area contributed by atoms with Crippen molar-refractivity contribution in [3.05, 3.63) is 63.1 Å². The van der Waals surface area contributed by atoms with E-state index in [9.17, 15) is 9.59 Å². The number of halogens is 2. The SMILES string of the molecule is Cc1ccc2c(c1)C(=O)C(=O)N2CN(C)Cc1ccc(Cl)c(Cl)c1. The summed E-state index contributed by atoms with van der Waals surface area (Å²) in [5.74, 6) is -0.937. The van der Waals surface area contributed by atoms with Gasteiger partial charge in [-0.05, 0) is 43.8 Å². The molecule has 3 rings (SSSR count). The first-order valence-corrected chi connectivity index (χ1v) is 8.21.